The first-order valence-corrected chi connectivity index (χ1v) is 14.2. The maximum Gasteiger partial charge on any atom is 0.255 e. The number of hydrogen-bond donors (Lipinski definition) is 1. The summed E-state index contributed by atoms with van der Waals surface area (Å²) in [6.07, 6.45) is 5.42. The second-order valence-corrected chi connectivity index (χ2v) is 11.5. The topological polar surface area (TPSA) is 76.8 Å². The fourth-order valence-corrected chi connectivity index (χ4v) is 5.06. The van der Waals surface area contributed by atoms with Gasteiger partial charge in [0, 0.05) is 36.7 Å². The number of halogens is 1. The van der Waals surface area contributed by atoms with Crippen molar-refractivity contribution in [2.45, 2.75) is 72.3 Å². The molecule has 5 rings (SSSR count). The molecular formula is C32H41FN4O2. The molecule has 1 unspecified atom stereocenters. The van der Waals surface area contributed by atoms with E-state index >= 15 is 4.39 Å². The Labute approximate surface area is 231 Å². The molecule has 0 aromatic heterocycles. The van der Waals surface area contributed by atoms with E-state index < -0.39 is 11.4 Å². The highest BCUT2D eigenvalue weighted by molar-refractivity contribution is 6.16. The summed E-state index contributed by atoms with van der Waals surface area (Å²) in [6.45, 7) is 11.5. The van der Waals surface area contributed by atoms with Gasteiger partial charge in [0.15, 0.2) is 0 Å². The maximum atomic E-state index is 15.4. The van der Waals surface area contributed by atoms with Crippen LogP contribution in [0.25, 0.3) is 0 Å². The van der Waals surface area contributed by atoms with Crippen molar-refractivity contribution < 1.29 is 14.0 Å². The van der Waals surface area contributed by atoms with Crippen LogP contribution in [0, 0.1) is 30.0 Å². The molecule has 2 aromatic carbocycles. The molecule has 1 saturated carbocycles. The Balaban J connectivity index is 0.000000826. The Morgan fingerprint density at radius 3 is 2.41 bits per heavy atom. The third-order valence-corrected chi connectivity index (χ3v) is 7.79. The first-order chi connectivity index (χ1) is 18.6. The molecular weight excluding hydrogens is 491 g/mol. The average molecular weight is 533 g/mol. The predicted molar refractivity (Wildman–Crippen MR) is 154 cm³/mol. The van der Waals surface area contributed by atoms with Crippen molar-refractivity contribution in [2.75, 3.05) is 19.6 Å². The molecule has 2 heterocycles. The van der Waals surface area contributed by atoms with E-state index in [9.17, 15) is 9.59 Å². The van der Waals surface area contributed by atoms with Crippen molar-refractivity contribution in [1.82, 2.24) is 9.80 Å². The van der Waals surface area contributed by atoms with Gasteiger partial charge in [0.25, 0.3) is 5.91 Å². The SMILES string of the molecule is CCCC.Cc1ccccc1C(=N)c1ccc(C2=NC(C)(C)C(=O)N2CC2CCN(C(=O)C3CC3)C2)c(F)c1. The van der Waals surface area contributed by atoms with Crippen molar-refractivity contribution >= 4 is 23.4 Å². The van der Waals surface area contributed by atoms with Gasteiger partial charge in [0.05, 0.1) is 11.3 Å². The normalized spacial score (nSPS) is 20.0. The summed E-state index contributed by atoms with van der Waals surface area (Å²) in [7, 11) is 0. The van der Waals surface area contributed by atoms with Gasteiger partial charge in [-0.05, 0) is 63.6 Å². The molecule has 39 heavy (non-hydrogen) atoms. The number of rotatable bonds is 7. The Kier molecular flexibility index (Phi) is 8.67. The summed E-state index contributed by atoms with van der Waals surface area (Å²) >= 11 is 0. The standard InChI is InChI=1S/C28H31FN4O2.C4H10/c1-17-6-4-5-7-21(17)24(30)20-10-11-22(23(29)14-20)25-31-28(2,3)27(35)33(25)16-18-12-13-32(15-18)26(34)19-8-9-19;1-3-4-2/h4-7,10-11,14,18-19,30H,8-9,12-13,15-16H2,1-3H3;3-4H2,1-2H3. The van der Waals surface area contributed by atoms with Gasteiger partial charge in [-0.3, -0.25) is 24.9 Å². The molecule has 1 aliphatic carbocycles. The largest absolute Gasteiger partial charge is 0.342 e. The van der Waals surface area contributed by atoms with Gasteiger partial charge in [0.1, 0.15) is 17.2 Å². The molecule has 3 aliphatic rings. The Hall–Kier alpha value is -3.35. The minimum Gasteiger partial charge on any atom is -0.342 e. The lowest BCUT2D eigenvalue weighted by atomic mass is 9.97. The van der Waals surface area contributed by atoms with Crippen LogP contribution >= 0.6 is 0 Å². The summed E-state index contributed by atoms with van der Waals surface area (Å²) in [5.74, 6) is 0.217. The summed E-state index contributed by atoms with van der Waals surface area (Å²) in [4.78, 5) is 33.8. The van der Waals surface area contributed by atoms with Crippen LogP contribution < -0.4 is 0 Å². The zero-order valence-electron chi connectivity index (χ0n) is 23.9. The van der Waals surface area contributed by atoms with Crippen LogP contribution in [0.1, 0.15) is 82.1 Å². The highest BCUT2D eigenvalue weighted by atomic mass is 19.1. The number of hydrogen-bond acceptors (Lipinski definition) is 4. The van der Waals surface area contributed by atoms with Gasteiger partial charge in [0.2, 0.25) is 5.91 Å². The van der Waals surface area contributed by atoms with E-state index in [-0.39, 0.29) is 34.9 Å². The van der Waals surface area contributed by atoms with Crippen molar-refractivity contribution in [3.63, 3.8) is 0 Å². The van der Waals surface area contributed by atoms with E-state index in [0.717, 1.165) is 30.4 Å². The molecule has 1 N–H and O–H groups in total. The number of nitrogens with one attached hydrogen (secondary N) is 1. The van der Waals surface area contributed by atoms with Crippen LogP contribution in [0.15, 0.2) is 47.5 Å². The van der Waals surface area contributed by atoms with Crippen molar-refractivity contribution in [2.24, 2.45) is 16.8 Å². The number of nitrogens with zero attached hydrogens (tertiary/aromatic N) is 3. The predicted octanol–water partition coefficient (Wildman–Crippen LogP) is 5.98. The first-order valence-electron chi connectivity index (χ1n) is 14.2. The van der Waals surface area contributed by atoms with Gasteiger partial charge in [-0.15, -0.1) is 0 Å². The van der Waals surface area contributed by atoms with Crippen LogP contribution in [0.2, 0.25) is 0 Å². The summed E-state index contributed by atoms with van der Waals surface area (Å²) in [6, 6.07) is 12.2. The molecule has 1 atom stereocenters. The second kappa shape index (κ2) is 11.8. The number of unbranched alkanes of at least 4 members (excludes halogenated alkanes) is 1. The third kappa shape index (κ3) is 6.29. The molecule has 2 fully saturated rings. The van der Waals surface area contributed by atoms with Gasteiger partial charge in [-0.1, -0.05) is 57.0 Å². The number of benzene rings is 2. The number of aliphatic imine (C=N–C) groups is 1. The fraction of sp³-hybridized carbons (Fsp3) is 0.500. The quantitative estimate of drug-likeness (QED) is 0.445. The molecule has 0 bridgehead atoms. The molecule has 7 heteroatoms. The van der Waals surface area contributed by atoms with Crippen LogP contribution in [0.5, 0.6) is 0 Å². The van der Waals surface area contributed by atoms with Crippen LogP contribution in [-0.4, -0.2) is 58.3 Å². The summed E-state index contributed by atoms with van der Waals surface area (Å²) < 4.78 is 15.4. The Morgan fingerprint density at radius 1 is 1.10 bits per heavy atom. The third-order valence-electron chi connectivity index (χ3n) is 7.79. The first kappa shape index (κ1) is 28.7. The lowest BCUT2D eigenvalue weighted by Crippen LogP contribution is -2.43. The van der Waals surface area contributed by atoms with E-state index in [2.05, 4.69) is 18.8 Å². The van der Waals surface area contributed by atoms with Crippen LogP contribution in [0.3, 0.4) is 0 Å². The zero-order chi connectivity index (χ0) is 28.3. The molecule has 6 nitrogen and oxygen atoms in total. The number of amides is 2. The number of amidine groups is 1. The Morgan fingerprint density at radius 2 is 1.79 bits per heavy atom. The highest BCUT2D eigenvalue weighted by Crippen LogP contribution is 2.34. The molecule has 208 valence electrons. The molecule has 1 saturated heterocycles. The summed E-state index contributed by atoms with van der Waals surface area (Å²) in [5.41, 5.74) is 1.71. The van der Waals surface area contributed by atoms with Gasteiger partial charge >= 0.3 is 0 Å². The monoisotopic (exact) mass is 532 g/mol. The molecule has 2 aromatic rings. The van der Waals surface area contributed by atoms with Crippen molar-refractivity contribution in [3.8, 4) is 0 Å². The van der Waals surface area contributed by atoms with Crippen LogP contribution in [-0.2, 0) is 9.59 Å². The minimum absolute atomic E-state index is 0.136. The number of carbonyl (C=O) groups is 2. The lowest BCUT2D eigenvalue weighted by molar-refractivity contribution is -0.131. The van der Waals surface area contributed by atoms with Gasteiger partial charge < -0.3 is 4.90 Å². The Bertz CT molecular complexity index is 1280. The number of aryl methyl sites for hydroxylation is 1. The van der Waals surface area contributed by atoms with E-state index in [1.54, 1.807) is 30.9 Å². The minimum atomic E-state index is -0.976. The van der Waals surface area contributed by atoms with Crippen LogP contribution in [0.4, 0.5) is 4.39 Å². The van der Waals surface area contributed by atoms with Gasteiger partial charge in [-0.25, -0.2) is 4.39 Å². The van der Waals surface area contributed by atoms with E-state index in [1.807, 2.05) is 36.1 Å². The fourth-order valence-electron chi connectivity index (χ4n) is 5.06. The maximum absolute atomic E-state index is 15.4. The van der Waals surface area contributed by atoms with E-state index in [1.165, 1.54) is 18.9 Å². The van der Waals surface area contributed by atoms with Crippen molar-refractivity contribution in [3.05, 3.63) is 70.5 Å². The average Bonchev–Trinajstić information content (AvgIpc) is 3.62. The summed E-state index contributed by atoms with van der Waals surface area (Å²) in [5, 5.41) is 8.57. The lowest BCUT2D eigenvalue weighted by Gasteiger charge is -2.25. The second-order valence-electron chi connectivity index (χ2n) is 11.5. The molecule has 0 radical (unpaired) electrons. The highest BCUT2D eigenvalue weighted by Gasteiger charge is 2.44. The molecule has 0 spiro atoms. The molecule has 2 amide bonds. The van der Waals surface area contributed by atoms with Gasteiger partial charge in [-0.2, -0.15) is 0 Å². The zero-order valence-corrected chi connectivity index (χ0v) is 23.9. The number of likely N-dealkylation sites (tertiary alicyclic amines) is 1. The van der Waals surface area contributed by atoms with E-state index in [0.29, 0.717) is 31.0 Å². The number of carbonyl (C=O) groups excluding carboxylic acids is 2. The van der Waals surface area contributed by atoms with Crippen molar-refractivity contribution in [1.29, 1.82) is 5.41 Å². The smallest absolute Gasteiger partial charge is 0.255 e. The van der Waals surface area contributed by atoms with E-state index in [4.69, 9.17) is 5.41 Å². The molecule has 2 aliphatic heterocycles.